The van der Waals surface area contributed by atoms with Gasteiger partial charge in [-0.05, 0) is 25.8 Å². The van der Waals surface area contributed by atoms with Gasteiger partial charge >= 0.3 is 0 Å². The molecule has 0 spiro atoms. The molecular weight excluding hydrogens is 356 g/mol. The molecule has 1 aromatic carbocycles. The van der Waals surface area contributed by atoms with Crippen LogP contribution in [0.1, 0.15) is 25.3 Å². The van der Waals surface area contributed by atoms with Gasteiger partial charge in [-0.1, -0.05) is 18.2 Å². The van der Waals surface area contributed by atoms with Gasteiger partial charge in [0.1, 0.15) is 5.75 Å². The maximum absolute atomic E-state index is 12.6. The molecule has 2 aliphatic heterocycles. The Bertz CT molecular complexity index is 667. The molecule has 0 bridgehead atoms. The van der Waals surface area contributed by atoms with Gasteiger partial charge in [-0.25, -0.2) is 0 Å². The zero-order chi connectivity index (χ0) is 19.9. The fourth-order valence-electron chi connectivity index (χ4n) is 3.91. The topological polar surface area (TPSA) is 65.1 Å². The van der Waals surface area contributed by atoms with Crippen molar-refractivity contribution >= 4 is 11.8 Å². The third-order valence-electron chi connectivity index (χ3n) is 5.80. The van der Waals surface area contributed by atoms with Gasteiger partial charge in [0.25, 0.3) is 0 Å². The Balaban J connectivity index is 1.42. The summed E-state index contributed by atoms with van der Waals surface area (Å²) in [5.41, 5.74) is 0.968. The zero-order valence-electron chi connectivity index (χ0n) is 17.0. The number of likely N-dealkylation sites (tertiary alicyclic amines) is 1. The second-order valence-corrected chi connectivity index (χ2v) is 7.61. The molecule has 0 aromatic heterocycles. The number of carbonyl (C=O) groups excluding carboxylic acids is 2. The first-order chi connectivity index (χ1) is 13.6. The summed E-state index contributed by atoms with van der Waals surface area (Å²) in [6.07, 6.45) is 2.25. The van der Waals surface area contributed by atoms with Crippen molar-refractivity contribution in [1.82, 2.24) is 20.0 Å². The maximum Gasteiger partial charge on any atom is 0.237 e. The Morgan fingerprint density at radius 2 is 1.75 bits per heavy atom. The summed E-state index contributed by atoms with van der Waals surface area (Å²) in [5.74, 6) is 1.05. The lowest BCUT2D eigenvalue weighted by atomic mass is 10.1. The molecule has 0 radical (unpaired) electrons. The molecule has 2 amide bonds. The summed E-state index contributed by atoms with van der Waals surface area (Å²) in [6, 6.07) is 7.52. The van der Waals surface area contributed by atoms with E-state index in [9.17, 15) is 9.59 Å². The number of benzene rings is 1. The number of rotatable bonds is 7. The molecule has 1 unspecified atom stereocenters. The normalized spacial score (nSPS) is 19.4. The van der Waals surface area contributed by atoms with Crippen molar-refractivity contribution in [3.63, 3.8) is 0 Å². The third-order valence-corrected chi connectivity index (χ3v) is 5.80. The molecule has 0 aliphatic carbocycles. The third kappa shape index (κ3) is 5.23. The van der Waals surface area contributed by atoms with E-state index in [2.05, 4.69) is 15.1 Å². The largest absolute Gasteiger partial charge is 0.496 e. The minimum absolute atomic E-state index is 0.0208. The number of carbonyl (C=O) groups is 2. The van der Waals surface area contributed by atoms with Crippen LogP contribution in [0.25, 0.3) is 0 Å². The molecule has 1 aromatic rings. The smallest absolute Gasteiger partial charge is 0.237 e. The van der Waals surface area contributed by atoms with Crippen molar-refractivity contribution < 1.29 is 14.3 Å². The molecular formula is C21H32N4O3. The number of piperazine rings is 1. The first-order valence-corrected chi connectivity index (χ1v) is 10.2. The second-order valence-electron chi connectivity index (χ2n) is 7.61. The Morgan fingerprint density at radius 1 is 1.07 bits per heavy atom. The average molecular weight is 389 g/mol. The van der Waals surface area contributed by atoms with Crippen molar-refractivity contribution in [3.8, 4) is 5.75 Å². The van der Waals surface area contributed by atoms with Crippen LogP contribution < -0.4 is 10.1 Å². The van der Waals surface area contributed by atoms with Crippen LogP contribution in [0, 0.1) is 0 Å². The van der Waals surface area contributed by atoms with Gasteiger partial charge in [-0.3, -0.25) is 19.4 Å². The van der Waals surface area contributed by atoms with Gasteiger partial charge in [0.05, 0.1) is 19.7 Å². The second kappa shape index (κ2) is 9.89. The van der Waals surface area contributed by atoms with Gasteiger partial charge in [-0.2, -0.15) is 0 Å². The summed E-state index contributed by atoms with van der Waals surface area (Å²) >= 11 is 0. The van der Waals surface area contributed by atoms with E-state index in [4.69, 9.17) is 4.74 Å². The van der Waals surface area contributed by atoms with Crippen LogP contribution in [0.2, 0.25) is 0 Å². The van der Waals surface area contributed by atoms with Gasteiger partial charge in [0.15, 0.2) is 0 Å². The van der Waals surface area contributed by atoms with Crippen LogP contribution in [0.5, 0.6) is 5.75 Å². The van der Waals surface area contributed by atoms with Gasteiger partial charge < -0.3 is 15.0 Å². The lowest BCUT2D eigenvalue weighted by Crippen LogP contribution is -2.55. The zero-order valence-corrected chi connectivity index (χ0v) is 17.0. The highest BCUT2D eigenvalue weighted by Crippen LogP contribution is 2.17. The molecule has 2 aliphatic rings. The van der Waals surface area contributed by atoms with E-state index < -0.39 is 0 Å². The molecule has 2 fully saturated rings. The van der Waals surface area contributed by atoms with Crippen molar-refractivity contribution in [2.45, 2.75) is 32.4 Å². The first kappa shape index (κ1) is 20.6. The predicted molar refractivity (Wildman–Crippen MR) is 108 cm³/mol. The number of nitrogens with zero attached hydrogens (tertiary/aromatic N) is 3. The van der Waals surface area contributed by atoms with Crippen LogP contribution in [-0.4, -0.2) is 85.5 Å². The molecule has 2 saturated heterocycles. The van der Waals surface area contributed by atoms with Gasteiger partial charge in [0.2, 0.25) is 11.8 Å². The number of methoxy groups -OCH3 is 1. The van der Waals surface area contributed by atoms with Gasteiger partial charge in [0, 0.05) is 51.4 Å². The number of nitrogens with one attached hydrogen (secondary N) is 1. The Hall–Kier alpha value is -2.12. The molecule has 28 heavy (non-hydrogen) atoms. The molecule has 0 saturated carbocycles. The quantitative estimate of drug-likeness (QED) is 0.753. The van der Waals surface area contributed by atoms with E-state index in [0.717, 1.165) is 63.4 Å². The highest BCUT2D eigenvalue weighted by molar-refractivity contribution is 5.81. The molecule has 7 heteroatoms. The van der Waals surface area contributed by atoms with E-state index in [0.29, 0.717) is 13.1 Å². The van der Waals surface area contributed by atoms with Crippen LogP contribution in [0.15, 0.2) is 24.3 Å². The van der Waals surface area contributed by atoms with E-state index in [1.165, 1.54) is 0 Å². The average Bonchev–Trinajstić information content (AvgIpc) is 3.27. The van der Waals surface area contributed by atoms with E-state index >= 15 is 0 Å². The Morgan fingerprint density at radius 3 is 2.43 bits per heavy atom. The standard InChI is InChI=1S/C21H32N4O3/c1-17(21(27)22-15-18-7-3-4-8-19(18)28-2)24-13-11-23(12-14-24)16-20(26)25-9-5-6-10-25/h3-4,7-8,17H,5-6,9-16H2,1-2H3,(H,22,27). The summed E-state index contributed by atoms with van der Waals surface area (Å²) < 4.78 is 5.34. The summed E-state index contributed by atoms with van der Waals surface area (Å²) in [7, 11) is 1.64. The highest BCUT2D eigenvalue weighted by Gasteiger charge is 2.27. The summed E-state index contributed by atoms with van der Waals surface area (Å²) in [6.45, 7) is 7.97. The molecule has 1 atom stereocenters. The molecule has 1 N–H and O–H groups in total. The minimum Gasteiger partial charge on any atom is -0.496 e. The number of para-hydroxylation sites is 1. The van der Waals surface area contributed by atoms with Crippen molar-refractivity contribution in [2.24, 2.45) is 0 Å². The monoisotopic (exact) mass is 388 g/mol. The van der Waals surface area contributed by atoms with Crippen molar-refractivity contribution in [2.75, 3.05) is 52.9 Å². The van der Waals surface area contributed by atoms with E-state index in [1.807, 2.05) is 36.1 Å². The lowest BCUT2D eigenvalue weighted by molar-refractivity contribution is -0.133. The Labute approximate surface area is 167 Å². The first-order valence-electron chi connectivity index (χ1n) is 10.2. The minimum atomic E-state index is -0.189. The maximum atomic E-state index is 12.6. The molecule has 2 heterocycles. The van der Waals surface area contributed by atoms with Crippen LogP contribution in [-0.2, 0) is 16.1 Å². The number of hydrogen-bond donors (Lipinski definition) is 1. The number of amides is 2. The summed E-state index contributed by atoms with van der Waals surface area (Å²) in [4.78, 5) is 31.3. The SMILES string of the molecule is COc1ccccc1CNC(=O)C(C)N1CCN(CC(=O)N2CCCC2)CC1. The fourth-order valence-corrected chi connectivity index (χ4v) is 3.91. The van der Waals surface area contributed by atoms with E-state index in [1.54, 1.807) is 7.11 Å². The molecule has 3 rings (SSSR count). The summed E-state index contributed by atoms with van der Waals surface area (Å²) in [5, 5.41) is 3.02. The lowest BCUT2D eigenvalue weighted by Gasteiger charge is -2.37. The fraction of sp³-hybridized carbons (Fsp3) is 0.619. The molecule has 154 valence electrons. The number of ether oxygens (including phenoxy) is 1. The van der Waals surface area contributed by atoms with E-state index in [-0.39, 0.29) is 17.9 Å². The number of hydrogen-bond acceptors (Lipinski definition) is 5. The van der Waals surface area contributed by atoms with Crippen molar-refractivity contribution in [3.05, 3.63) is 29.8 Å². The van der Waals surface area contributed by atoms with Crippen molar-refractivity contribution in [1.29, 1.82) is 0 Å². The van der Waals surface area contributed by atoms with Crippen LogP contribution in [0.4, 0.5) is 0 Å². The van der Waals surface area contributed by atoms with Crippen LogP contribution in [0.3, 0.4) is 0 Å². The predicted octanol–water partition coefficient (Wildman–Crippen LogP) is 0.940. The van der Waals surface area contributed by atoms with Crippen LogP contribution >= 0.6 is 0 Å². The molecule has 7 nitrogen and oxygen atoms in total. The van der Waals surface area contributed by atoms with Gasteiger partial charge in [-0.15, -0.1) is 0 Å². The highest BCUT2D eigenvalue weighted by atomic mass is 16.5. The Kier molecular flexibility index (Phi) is 7.28.